The van der Waals surface area contributed by atoms with Gasteiger partial charge in [0.15, 0.2) is 17.8 Å². The second-order valence-electron chi connectivity index (χ2n) is 3.56. The largest absolute Gasteiger partial charge is 0.461 e. The molecule has 19 heavy (non-hydrogen) atoms. The molecule has 7 heteroatoms. The average molecular weight is 262 g/mol. The molecular weight excluding hydrogens is 252 g/mol. The maximum absolute atomic E-state index is 11.6. The van der Waals surface area contributed by atoms with Crippen molar-refractivity contribution in [1.82, 2.24) is 4.98 Å². The molecule has 0 aliphatic heterocycles. The molecule has 0 bridgehead atoms. The van der Waals surface area contributed by atoms with E-state index in [0.29, 0.717) is 5.56 Å². The van der Waals surface area contributed by atoms with Gasteiger partial charge >= 0.3 is 5.97 Å². The zero-order chi connectivity index (χ0) is 13.8. The lowest BCUT2D eigenvalue weighted by molar-refractivity contribution is -0.384. The number of aromatic nitrogens is 1. The standard InChI is InChI=1S/C12H10N2O5/c1-2-18-12(15)10-11(19-7-13-10)8-4-3-5-9(6-8)14(16)17/h3-7H,2H2,1H3. The lowest BCUT2D eigenvalue weighted by Gasteiger charge is -2.01. The van der Waals surface area contributed by atoms with Crippen molar-refractivity contribution in [2.75, 3.05) is 6.61 Å². The summed E-state index contributed by atoms with van der Waals surface area (Å²) in [5.41, 5.74) is 0.306. The van der Waals surface area contributed by atoms with Gasteiger partial charge in [-0.25, -0.2) is 9.78 Å². The van der Waals surface area contributed by atoms with Crippen LogP contribution in [0.25, 0.3) is 11.3 Å². The maximum atomic E-state index is 11.6. The highest BCUT2D eigenvalue weighted by Gasteiger charge is 2.20. The predicted molar refractivity (Wildman–Crippen MR) is 64.5 cm³/mol. The molecule has 2 aromatic rings. The van der Waals surface area contributed by atoms with Crippen LogP contribution in [-0.2, 0) is 4.74 Å². The molecular formula is C12H10N2O5. The van der Waals surface area contributed by atoms with Crippen molar-refractivity contribution in [2.24, 2.45) is 0 Å². The number of rotatable bonds is 4. The molecule has 2 rings (SSSR count). The molecule has 0 saturated carbocycles. The first-order valence-corrected chi connectivity index (χ1v) is 5.49. The molecule has 1 aromatic carbocycles. The van der Waals surface area contributed by atoms with Crippen LogP contribution in [0, 0.1) is 10.1 Å². The van der Waals surface area contributed by atoms with Crippen LogP contribution in [0.3, 0.4) is 0 Å². The van der Waals surface area contributed by atoms with Crippen molar-refractivity contribution in [3.8, 4) is 11.3 Å². The number of esters is 1. The molecule has 0 spiro atoms. The molecule has 1 heterocycles. The van der Waals surface area contributed by atoms with Gasteiger partial charge < -0.3 is 9.15 Å². The quantitative estimate of drug-likeness (QED) is 0.477. The van der Waals surface area contributed by atoms with E-state index in [-0.39, 0.29) is 23.7 Å². The zero-order valence-corrected chi connectivity index (χ0v) is 10.0. The summed E-state index contributed by atoms with van der Waals surface area (Å²) >= 11 is 0. The van der Waals surface area contributed by atoms with E-state index in [4.69, 9.17) is 9.15 Å². The van der Waals surface area contributed by atoms with Crippen molar-refractivity contribution in [3.05, 3.63) is 46.5 Å². The molecule has 0 radical (unpaired) electrons. The van der Waals surface area contributed by atoms with Gasteiger partial charge in [0.05, 0.1) is 11.5 Å². The number of nitrogens with zero attached hydrogens (tertiary/aromatic N) is 2. The third kappa shape index (κ3) is 2.59. The van der Waals surface area contributed by atoms with Gasteiger partial charge in [-0.15, -0.1) is 0 Å². The van der Waals surface area contributed by atoms with E-state index >= 15 is 0 Å². The Balaban J connectivity index is 2.42. The third-order valence-electron chi connectivity index (χ3n) is 2.36. The molecule has 0 fully saturated rings. The van der Waals surface area contributed by atoms with Crippen LogP contribution in [-0.4, -0.2) is 22.5 Å². The van der Waals surface area contributed by atoms with E-state index in [1.54, 1.807) is 13.0 Å². The van der Waals surface area contributed by atoms with Gasteiger partial charge in [-0.1, -0.05) is 12.1 Å². The van der Waals surface area contributed by atoms with Gasteiger partial charge in [0.2, 0.25) is 0 Å². The van der Waals surface area contributed by atoms with Crippen molar-refractivity contribution in [1.29, 1.82) is 0 Å². The van der Waals surface area contributed by atoms with Crippen LogP contribution in [0.4, 0.5) is 5.69 Å². The van der Waals surface area contributed by atoms with E-state index < -0.39 is 10.9 Å². The number of nitro groups is 1. The Morgan fingerprint density at radius 3 is 3.00 bits per heavy atom. The molecule has 98 valence electrons. The summed E-state index contributed by atoms with van der Waals surface area (Å²) in [6.07, 6.45) is 1.10. The Bertz CT molecular complexity index is 620. The summed E-state index contributed by atoms with van der Waals surface area (Å²) < 4.78 is 9.95. The number of hydrogen-bond donors (Lipinski definition) is 0. The van der Waals surface area contributed by atoms with Gasteiger partial charge in [0, 0.05) is 17.7 Å². The van der Waals surface area contributed by atoms with Crippen LogP contribution in [0.1, 0.15) is 17.4 Å². The SMILES string of the molecule is CCOC(=O)c1ncoc1-c1cccc([N+](=O)[O-])c1. The van der Waals surface area contributed by atoms with Gasteiger partial charge in [-0.2, -0.15) is 0 Å². The normalized spacial score (nSPS) is 10.2. The van der Waals surface area contributed by atoms with Gasteiger partial charge in [0.25, 0.3) is 5.69 Å². The lowest BCUT2D eigenvalue weighted by Crippen LogP contribution is -2.06. The van der Waals surface area contributed by atoms with Crippen molar-refractivity contribution in [3.63, 3.8) is 0 Å². The number of carbonyl (C=O) groups excluding carboxylic acids is 1. The summed E-state index contributed by atoms with van der Waals surface area (Å²) in [6.45, 7) is 1.88. The van der Waals surface area contributed by atoms with Gasteiger partial charge in [-0.3, -0.25) is 10.1 Å². The first kappa shape index (κ1) is 12.7. The average Bonchev–Trinajstić information content (AvgIpc) is 2.88. The molecule has 7 nitrogen and oxygen atoms in total. The number of benzene rings is 1. The number of carbonyl (C=O) groups is 1. The number of oxazole rings is 1. The highest BCUT2D eigenvalue weighted by Crippen LogP contribution is 2.26. The Morgan fingerprint density at radius 1 is 1.53 bits per heavy atom. The van der Waals surface area contributed by atoms with Crippen LogP contribution in [0.15, 0.2) is 35.1 Å². The van der Waals surface area contributed by atoms with E-state index in [0.717, 1.165) is 6.39 Å². The van der Waals surface area contributed by atoms with Crippen LogP contribution >= 0.6 is 0 Å². The Kier molecular flexibility index (Phi) is 3.56. The smallest absolute Gasteiger partial charge is 0.360 e. The number of hydrogen-bond acceptors (Lipinski definition) is 6. The second-order valence-corrected chi connectivity index (χ2v) is 3.56. The minimum absolute atomic E-state index is 0.00217. The third-order valence-corrected chi connectivity index (χ3v) is 2.36. The van der Waals surface area contributed by atoms with Crippen molar-refractivity contribution < 1.29 is 18.9 Å². The fourth-order valence-electron chi connectivity index (χ4n) is 1.56. The van der Waals surface area contributed by atoms with Gasteiger partial charge in [-0.05, 0) is 6.92 Å². The van der Waals surface area contributed by atoms with Crippen LogP contribution in [0.5, 0.6) is 0 Å². The molecule has 0 N–H and O–H groups in total. The topological polar surface area (TPSA) is 95.5 Å². The molecule has 0 amide bonds. The Labute approximate surface area is 108 Å². The highest BCUT2D eigenvalue weighted by molar-refractivity contribution is 5.93. The zero-order valence-electron chi connectivity index (χ0n) is 10.0. The monoisotopic (exact) mass is 262 g/mol. The van der Waals surface area contributed by atoms with Crippen LogP contribution < -0.4 is 0 Å². The molecule has 0 aliphatic rings. The lowest BCUT2D eigenvalue weighted by atomic mass is 10.1. The number of ether oxygens (including phenoxy) is 1. The first-order chi connectivity index (χ1) is 9.13. The summed E-state index contributed by atoms with van der Waals surface area (Å²) in [5.74, 6) is -0.472. The summed E-state index contributed by atoms with van der Waals surface area (Å²) in [6, 6.07) is 5.76. The van der Waals surface area contributed by atoms with E-state index in [2.05, 4.69) is 4.98 Å². The number of non-ortho nitro benzene ring substituents is 1. The molecule has 0 unspecified atom stereocenters. The Morgan fingerprint density at radius 2 is 2.32 bits per heavy atom. The summed E-state index contributed by atoms with van der Waals surface area (Å²) in [5, 5.41) is 10.7. The van der Waals surface area contributed by atoms with Crippen LogP contribution in [0.2, 0.25) is 0 Å². The minimum Gasteiger partial charge on any atom is -0.461 e. The van der Waals surface area contributed by atoms with Crippen molar-refractivity contribution in [2.45, 2.75) is 6.92 Å². The molecule has 0 atom stereocenters. The molecule has 0 saturated heterocycles. The molecule has 0 aliphatic carbocycles. The molecule has 1 aromatic heterocycles. The fraction of sp³-hybridized carbons (Fsp3) is 0.167. The van der Waals surface area contributed by atoms with E-state index in [1.807, 2.05) is 0 Å². The summed E-state index contributed by atoms with van der Waals surface area (Å²) in [4.78, 5) is 25.6. The minimum atomic E-state index is -0.627. The summed E-state index contributed by atoms with van der Waals surface area (Å²) in [7, 11) is 0. The van der Waals surface area contributed by atoms with E-state index in [9.17, 15) is 14.9 Å². The van der Waals surface area contributed by atoms with Crippen molar-refractivity contribution >= 4 is 11.7 Å². The Hall–Kier alpha value is -2.70. The predicted octanol–water partition coefficient (Wildman–Crippen LogP) is 2.43. The maximum Gasteiger partial charge on any atom is 0.360 e. The van der Waals surface area contributed by atoms with Gasteiger partial charge in [0.1, 0.15) is 0 Å². The second kappa shape index (κ2) is 5.30. The van der Waals surface area contributed by atoms with E-state index in [1.165, 1.54) is 18.2 Å². The first-order valence-electron chi connectivity index (χ1n) is 5.49. The fourth-order valence-corrected chi connectivity index (χ4v) is 1.56. The number of nitro benzene ring substituents is 1. The highest BCUT2D eigenvalue weighted by atomic mass is 16.6.